The van der Waals surface area contributed by atoms with Crippen LogP contribution in [0.5, 0.6) is 0 Å². The van der Waals surface area contributed by atoms with E-state index in [9.17, 15) is 8.42 Å². The number of hydrogen-bond donors (Lipinski definition) is 2. The highest BCUT2D eigenvalue weighted by molar-refractivity contribution is 7.89. The summed E-state index contributed by atoms with van der Waals surface area (Å²) in [5.74, 6) is 0.861. The van der Waals surface area contributed by atoms with Crippen molar-refractivity contribution in [2.24, 2.45) is 0 Å². The monoisotopic (exact) mass is 308 g/mol. The molecule has 0 spiro atoms. The predicted molar refractivity (Wildman–Crippen MR) is 82.8 cm³/mol. The molecular weight excluding hydrogens is 288 g/mol. The molecule has 0 bridgehead atoms. The third-order valence-corrected chi connectivity index (χ3v) is 4.82. The molecule has 6 heteroatoms. The van der Waals surface area contributed by atoms with E-state index in [0.29, 0.717) is 12.8 Å². The number of benzene rings is 1. The molecule has 0 amide bonds. The summed E-state index contributed by atoms with van der Waals surface area (Å²) in [5.41, 5.74) is 0.875. The average molecular weight is 308 g/mol. The topological polar surface area (TPSA) is 71.3 Å². The second-order valence-electron chi connectivity index (χ2n) is 4.91. The molecule has 1 aromatic carbocycles. The van der Waals surface area contributed by atoms with Crippen molar-refractivity contribution in [1.82, 2.24) is 4.72 Å². The van der Waals surface area contributed by atoms with Crippen molar-refractivity contribution in [3.63, 3.8) is 0 Å². The van der Waals surface area contributed by atoms with Crippen LogP contribution in [0.25, 0.3) is 0 Å². The number of nitrogens with one attached hydrogen (secondary N) is 2. The average Bonchev–Trinajstić information content (AvgIpc) is 2.98. The van der Waals surface area contributed by atoms with Gasteiger partial charge < -0.3 is 9.73 Å². The minimum Gasteiger partial charge on any atom is -0.469 e. The van der Waals surface area contributed by atoms with E-state index >= 15 is 0 Å². The molecular formula is C15H20N2O3S. The van der Waals surface area contributed by atoms with Gasteiger partial charge in [0.2, 0.25) is 10.0 Å². The van der Waals surface area contributed by atoms with Crippen LogP contribution in [-0.2, 0) is 16.4 Å². The molecule has 0 saturated heterocycles. The van der Waals surface area contributed by atoms with E-state index in [0.717, 1.165) is 11.4 Å². The Morgan fingerprint density at radius 3 is 2.48 bits per heavy atom. The third kappa shape index (κ3) is 4.34. The SMILES string of the molecule is CNc1ccc(S(=O)(=O)NC(C)CCc2ccco2)cc1. The van der Waals surface area contributed by atoms with Crippen LogP contribution in [0.3, 0.4) is 0 Å². The Morgan fingerprint density at radius 2 is 1.90 bits per heavy atom. The first-order chi connectivity index (χ1) is 10.0. The summed E-state index contributed by atoms with van der Waals surface area (Å²) < 4.78 is 32.4. The molecule has 0 aliphatic rings. The Balaban J connectivity index is 1.95. The van der Waals surface area contributed by atoms with E-state index in [-0.39, 0.29) is 10.9 Å². The number of rotatable bonds is 7. The van der Waals surface area contributed by atoms with Gasteiger partial charge in [0, 0.05) is 25.2 Å². The maximum atomic E-state index is 12.2. The van der Waals surface area contributed by atoms with E-state index in [1.54, 1.807) is 37.6 Å². The fourth-order valence-corrected chi connectivity index (χ4v) is 3.28. The molecule has 0 fully saturated rings. The van der Waals surface area contributed by atoms with Gasteiger partial charge in [-0.1, -0.05) is 0 Å². The highest BCUT2D eigenvalue weighted by Crippen LogP contribution is 2.14. The Kier molecular flexibility index (Phi) is 5.03. The van der Waals surface area contributed by atoms with E-state index in [4.69, 9.17) is 4.42 Å². The van der Waals surface area contributed by atoms with Crippen molar-refractivity contribution in [3.05, 3.63) is 48.4 Å². The number of aryl methyl sites for hydroxylation is 1. The Labute approximate surface area is 125 Å². The van der Waals surface area contributed by atoms with Crippen molar-refractivity contribution in [1.29, 1.82) is 0 Å². The summed E-state index contributed by atoms with van der Waals surface area (Å²) in [6, 6.07) is 10.2. The molecule has 0 aliphatic heterocycles. The molecule has 0 saturated carbocycles. The van der Waals surface area contributed by atoms with Crippen LogP contribution >= 0.6 is 0 Å². The lowest BCUT2D eigenvalue weighted by Crippen LogP contribution is -2.32. The van der Waals surface area contributed by atoms with Gasteiger partial charge in [-0.25, -0.2) is 13.1 Å². The number of sulfonamides is 1. The Bertz CT molecular complexity index is 649. The summed E-state index contributed by atoms with van der Waals surface area (Å²) in [6.45, 7) is 1.85. The maximum absolute atomic E-state index is 12.2. The first-order valence-electron chi connectivity index (χ1n) is 6.84. The molecule has 0 radical (unpaired) electrons. The molecule has 114 valence electrons. The van der Waals surface area contributed by atoms with Crippen LogP contribution in [0.4, 0.5) is 5.69 Å². The van der Waals surface area contributed by atoms with Crippen LogP contribution in [-0.4, -0.2) is 21.5 Å². The quantitative estimate of drug-likeness (QED) is 0.825. The lowest BCUT2D eigenvalue weighted by molar-refractivity contribution is 0.480. The summed E-state index contributed by atoms with van der Waals surface area (Å²) >= 11 is 0. The lowest BCUT2D eigenvalue weighted by atomic mass is 10.2. The normalized spacial score (nSPS) is 13.0. The van der Waals surface area contributed by atoms with Gasteiger partial charge >= 0.3 is 0 Å². The van der Waals surface area contributed by atoms with E-state index < -0.39 is 10.0 Å². The summed E-state index contributed by atoms with van der Waals surface area (Å²) in [4.78, 5) is 0.270. The van der Waals surface area contributed by atoms with Crippen molar-refractivity contribution < 1.29 is 12.8 Å². The highest BCUT2D eigenvalue weighted by Gasteiger charge is 2.17. The van der Waals surface area contributed by atoms with Crippen LogP contribution in [0, 0.1) is 0 Å². The minimum atomic E-state index is -3.48. The summed E-state index contributed by atoms with van der Waals surface area (Å²) in [6.07, 6.45) is 3.00. The van der Waals surface area contributed by atoms with Gasteiger partial charge in [0.15, 0.2) is 0 Å². The number of furan rings is 1. The molecule has 1 heterocycles. The largest absolute Gasteiger partial charge is 0.469 e. The van der Waals surface area contributed by atoms with Crippen molar-refractivity contribution in [2.45, 2.75) is 30.7 Å². The molecule has 2 N–H and O–H groups in total. The van der Waals surface area contributed by atoms with E-state index in [1.165, 1.54) is 0 Å². The van der Waals surface area contributed by atoms with Gasteiger partial charge in [-0.15, -0.1) is 0 Å². The van der Waals surface area contributed by atoms with Crippen LogP contribution in [0.2, 0.25) is 0 Å². The zero-order valence-electron chi connectivity index (χ0n) is 12.2. The predicted octanol–water partition coefficient (Wildman–Crippen LogP) is 2.62. The lowest BCUT2D eigenvalue weighted by Gasteiger charge is -2.14. The molecule has 21 heavy (non-hydrogen) atoms. The number of hydrogen-bond acceptors (Lipinski definition) is 4. The Hall–Kier alpha value is -1.79. The maximum Gasteiger partial charge on any atom is 0.240 e. The third-order valence-electron chi connectivity index (χ3n) is 3.21. The molecule has 2 aromatic rings. The molecule has 0 aliphatic carbocycles. The highest BCUT2D eigenvalue weighted by atomic mass is 32.2. The van der Waals surface area contributed by atoms with Gasteiger partial charge in [-0.05, 0) is 49.7 Å². The fraction of sp³-hybridized carbons (Fsp3) is 0.333. The second kappa shape index (κ2) is 6.78. The fourth-order valence-electron chi connectivity index (χ4n) is 2.01. The van der Waals surface area contributed by atoms with Gasteiger partial charge in [0.25, 0.3) is 0 Å². The first kappa shape index (κ1) is 15.6. The summed E-state index contributed by atoms with van der Waals surface area (Å²) in [5, 5.41) is 2.96. The standard InChI is InChI=1S/C15H20N2O3S/c1-12(5-8-14-4-3-11-20-14)17-21(18,19)15-9-6-13(16-2)7-10-15/h3-4,6-7,9-12,16-17H,5,8H2,1-2H3. The zero-order valence-corrected chi connectivity index (χ0v) is 13.0. The van der Waals surface area contributed by atoms with E-state index in [2.05, 4.69) is 10.0 Å². The van der Waals surface area contributed by atoms with Crippen molar-refractivity contribution in [3.8, 4) is 0 Å². The molecule has 1 unspecified atom stereocenters. The van der Waals surface area contributed by atoms with Crippen LogP contribution < -0.4 is 10.0 Å². The molecule has 1 aromatic heterocycles. The molecule has 5 nitrogen and oxygen atoms in total. The van der Waals surface area contributed by atoms with Gasteiger partial charge in [-0.2, -0.15) is 0 Å². The smallest absolute Gasteiger partial charge is 0.240 e. The van der Waals surface area contributed by atoms with Crippen LogP contribution in [0.15, 0.2) is 52.0 Å². The number of anilines is 1. The van der Waals surface area contributed by atoms with Crippen molar-refractivity contribution in [2.75, 3.05) is 12.4 Å². The Morgan fingerprint density at radius 1 is 1.19 bits per heavy atom. The first-order valence-corrected chi connectivity index (χ1v) is 8.32. The van der Waals surface area contributed by atoms with Gasteiger partial charge in [-0.3, -0.25) is 0 Å². The van der Waals surface area contributed by atoms with E-state index in [1.807, 2.05) is 19.1 Å². The second-order valence-corrected chi connectivity index (χ2v) is 6.63. The molecule has 2 rings (SSSR count). The van der Waals surface area contributed by atoms with Gasteiger partial charge in [0.1, 0.15) is 5.76 Å². The molecule has 1 atom stereocenters. The minimum absolute atomic E-state index is 0.163. The van der Waals surface area contributed by atoms with Gasteiger partial charge in [0.05, 0.1) is 11.2 Å². The van der Waals surface area contributed by atoms with Crippen LogP contribution in [0.1, 0.15) is 19.1 Å². The zero-order chi connectivity index (χ0) is 15.3. The van der Waals surface area contributed by atoms with Crippen molar-refractivity contribution >= 4 is 15.7 Å². The summed E-state index contributed by atoms with van der Waals surface area (Å²) in [7, 11) is -1.69.